The Labute approximate surface area is 73.1 Å². The van der Waals surface area contributed by atoms with Crippen LogP contribution >= 0.6 is 0 Å². The predicted molar refractivity (Wildman–Crippen MR) is 45.7 cm³/mol. The molecule has 0 radical (unpaired) electrons. The van der Waals surface area contributed by atoms with Crippen molar-refractivity contribution in [2.75, 3.05) is 7.11 Å². The van der Waals surface area contributed by atoms with Crippen molar-refractivity contribution in [1.29, 1.82) is 0 Å². The van der Waals surface area contributed by atoms with Gasteiger partial charge in [0.25, 0.3) is 0 Å². The van der Waals surface area contributed by atoms with E-state index in [9.17, 15) is 9.59 Å². The Morgan fingerprint density at radius 2 is 2.25 bits per heavy atom. The maximum atomic E-state index is 11.0. The number of unbranched alkanes of at least 4 members (excludes halogenated alkanes) is 1. The first-order chi connectivity index (χ1) is 5.76. The Bertz CT molecular complexity index is 143. The molecule has 0 bridgehead atoms. The molecule has 0 aromatic rings. The summed E-state index contributed by atoms with van der Waals surface area (Å²) in [5, 5.41) is 0. The van der Waals surface area contributed by atoms with Crippen LogP contribution in [0, 0.1) is 5.92 Å². The summed E-state index contributed by atoms with van der Waals surface area (Å²) in [6.45, 7) is 2.05. The molecule has 0 aliphatic heterocycles. The number of aldehydes is 1. The highest BCUT2D eigenvalue weighted by Crippen LogP contribution is 2.12. The highest BCUT2D eigenvalue weighted by Gasteiger charge is 2.17. The molecular formula is C9H16O3. The van der Waals surface area contributed by atoms with Gasteiger partial charge in [-0.25, -0.2) is 0 Å². The molecule has 0 unspecified atom stereocenters. The first kappa shape index (κ1) is 11.1. The number of hydrogen-bond donors (Lipinski definition) is 0. The van der Waals surface area contributed by atoms with Gasteiger partial charge in [-0.05, 0) is 6.42 Å². The van der Waals surface area contributed by atoms with Gasteiger partial charge in [-0.15, -0.1) is 0 Å². The largest absolute Gasteiger partial charge is 0.469 e. The monoisotopic (exact) mass is 172 g/mol. The normalized spacial score (nSPS) is 12.2. The van der Waals surface area contributed by atoms with E-state index in [0.717, 1.165) is 25.5 Å². The third-order valence-corrected chi connectivity index (χ3v) is 1.82. The fourth-order valence-corrected chi connectivity index (χ4v) is 1.07. The molecule has 0 rings (SSSR count). The standard InChI is InChI=1S/C9H16O3/c1-3-4-5-8(6-7-10)9(11)12-2/h7-8H,3-6H2,1-2H3/t8-/m1/s1. The van der Waals surface area contributed by atoms with Crippen LogP contribution in [0.2, 0.25) is 0 Å². The van der Waals surface area contributed by atoms with Gasteiger partial charge >= 0.3 is 5.97 Å². The minimum Gasteiger partial charge on any atom is -0.469 e. The van der Waals surface area contributed by atoms with E-state index in [1.807, 2.05) is 0 Å². The topological polar surface area (TPSA) is 43.4 Å². The van der Waals surface area contributed by atoms with Crippen molar-refractivity contribution in [3.8, 4) is 0 Å². The van der Waals surface area contributed by atoms with Crippen LogP contribution < -0.4 is 0 Å². The van der Waals surface area contributed by atoms with E-state index in [2.05, 4.69) is 11.7 Å². The van der Waals surface area contributed by atoms with Crippen LogP contribution in [0.1, 0.15) is 32.6 Å². The molecule has 0 aliphatic rings. The summed E-state index contributed by atoms with van der Waals surface area (Å²) in [4.78, 5) is 21.2. The van der Waals surface area contributed by atoms with E-state index >= 15 is 0 Å². The molecule has 3 heteroatoms. The van der Waals surface area contributed by atoms with E-state index in [0.29, 0.717) is 0 Å². The molecule has 0 aliphatic carbocycles. The molecule has 3 nitrogen and oxygen atoms in total. The smallest absolute Gasteiger partial charge is 0.309 e. The van der Waals surface area contributed by atoms with Crippen molar-refractivity contribution >= 4 is 12.3 Å². The maximum Gasteiger partial charge on any atom is 0.309 e. The zero-order chi connectivity index (χ0) is 9.40. The van der Waals surface area contributed by atoms with Gasteiger partial charge in [-0.1, -0.05) is 19.8 Å². The summed E-state index contributed by atoms with van der Waals surface area (Å²) in [6.07, 6.45) is 3.81. The average molecular weight is 172 g/mol. The molecule has 0 aromatic carbocycles. The number of carbonyl (C=O) groups is 2. The number of hydrogen-bond acceptors (Lipinski definition) is 3. The van der Waals surface area contributed by atoms with Crippen LogP contribution in [-0.2, 0) is 14.3 Å². The van der Waals surface area contributed by atoms with Gasteiger partial charge in [0.15, 0.2) is 0 Å². The highest BCUT2D eigenvalue weighted by atomic mass is 16.5. The Kier molecular flexibility index (Phi) is 6.34. The molecule has 0 amide bonds. The Hall–Kier alpha value is -0.860. The van der Waals surface area contributed by atoms with E-state index < -0.39 is 0 Å². The lowest BCUT2D eigenvalue weighted by molar-refractivity contribution is -0.146. The van der Waals surface area contributed by atoms with Gasteiger partial charge < -0.3 is 9.53 Å². The number of ether oxygens (including phenoxy) is 1. The van der Waals surface area contributed by atoms with Crippen molar-refractivity contribution in [1.82, 2.24) is 0 Å². The minimum atomic E-state index is -0.268. The van der Waals surface area contributed by atoms with Crippen LogP contribution in [0.5, 0.6) is 0 Å². The molecule has 0 aromatic heterocycles. The lowest BCUT2D eigenvalue weighted by Gasteiger charge is -2.09. The quantitative estimate of drug-likeness (QED) is 0.451. The third-order valence-electron chi connectivity index (χ3n) is 1.82. The van der Waals surface area contributed by atoms with Crippen LogP contribution in [-0.4, -0.2) is 19.4 Å². The van der Waals surface area contributed by atoms with Crippen molar-refractivity contribution in [2.24, 2.45) is 5.92 Å². The van der Waals surface area contributed by atoms with E-state index in [4.69, 9.17) is 0 Å². The molecule has 0 saturated carbocycles. The zero-order valence-electron chi connectivity index (χ0n) is 7.71. The van der Waals surface area contributed by atoms with Gasteiger partial charge in [0.1, 0.15) is 6.29 Å². The molecule has 70 valence electrons. The zero-order valence-corrected chi connectivity index (χ0v) is 7.71. The van der Waals surface area contributed by atoms with Gasteiger partial charge in [-0.3, -0.25) is 4.79 Å². The lowest BCUT2D eigenvalue weighted by atomic mass is 9.99. The average Bonchev–Trinajstić information content (AvgIpc) is 2.11. The highest BCUT2D eigenvalue weighted by molar-refractivity contribution is 5.75. The lowest BCUT2D eigenvalue weighted by Crippen LogP contribution is -2.16. The predicted octanol–water partition coefficient (Wildman–Crippen LogP) is 1.55. The Morgan fingerprint density at radius 3 is 2.67 bits per heavy atom. The fourth-order valence-electron chi connectivity index (χ4n) is 1.07. The first-order valence-electron chi connectivity index (χ1n) is 4.27. The maximum absolute atomic E-state index is 11.0. The molecule has 1 atom stereocenters. The second-order valence-electron chi connectivity index (χ2n) is 2.76. The number of carbonyl (C=O) groups excluding carboxylic acids is 2. The molecule has 0 N–H and O–H groups in total. The second-order valence-corrected chi connectivity index (χ2v) is 2.76. The summed E-state index contributed by atoms with van der Waals surface area (Å²) in [6, 6.07) is 0. The van der Waals surface area contributed by atoms with Crippen LogP contribution in [0.3, 0.4) is 0 Å². The number of esters is 1. The fraction of sp³-hybridized carbons (Fsp3) is 0.778. The molecule has 0 saturated heterocycles. The molecule has 12 heavy (non-hydrogen) atoms. The summed E-state index contributed by atoms with van der Waals surface area (Å²) >= 11 is 0. The van der Waals surface area contributed by atoms with E-state index in [1.54, 1.807) is 0 Å². The van der Waals surface area contributed by atoms with Crippen LogP contribution in [0.15, 0.2) is 0 Å². The summed E-state index contributed by atoms with van der Waals surface area (Å²) in [5.74, 6) is -0.497. The van der Waals surface area contributed by atoms with Crippen LogP contribution in [0.25, 0.3) is 0 Å². The van der Waals surface area contributed by atoms with E-state index in [-0.39, 0.29) is 18.3 Å². The van der Waals surface area contributed by atoms with Crippen molar-refractivity contribution < 1.29 is 14.3 Å². The SMILES string of the molecule is CCCC[C@H](CC=O)C(=O)OC. The van der Waals surface area contributed by atoms with Gasteiger partial charge in [0, 0.05) is 6.42 Å². The van der Waals surface area contributed by atoms with Crippen molar-refractivity contribution in [2.45, 2.75) is 32.6 Å². The number of rotatable bonds is 6. The summed E-state index contributed by atoms with van der Waals surface area (Å²) in [7, 11) is 1.35. The van der Waals surface area contributed by atoms with Crippen molar-refractivity contribution in [3.05, 3.63) is 0 Å². The Balaban J connectivity index is 3.84. The van der Waals surface area contributed by atoms with Gasteiger partial charge in [-0.2, -0.15) is 0 Å². The molecule has 0 spiro atoms. The summed E-state index contributed by atoms with van der Waals surface area (Å²) in [5.41, 5.74) is 0. The third kappa shape index (κ3) is 4.11. The summed E-state index contributed by atoms with van der Waals surface area (Å²) < 4.78 is 4.56. The van der Waals surface area contributed by atoms with Crippen molar-refractivity contribution in [3.63, 3.8) is 0 Å². The van der Waals surface area contributed by atoms with Crippen LogP contribution in [0.4, 0.5) is 0 Å². The minimum absolute atomic E-state index is 0.229. The Morgan fingerprint density at radius 1 is 1.58 bits per heavy atom. The second kappa shape index (κ2) is 6.83. The van der Waals surface area contributed by atoms with Gasteiger partial charge in [0.2, 0.25) is 0 Å². The molecule has 0 fully saturated rings. The molecule has 0 heterocycles. The number of methoxy groups -OCH3 is 1. The first-order valence-corrected chi connectivity index (χ1v) is 4.27. The molecular weight excluding hydrogens is 156 g/mol. The van der Waals surface area contributed by atoms with Gasteiger partial charge in [0.05, 0.1) is 13.0 Å². The van der Waals surface area contributed by atoms with E-state index in [1.165, 1.54) is 7.11 Å².